The van der Waals surface area contributed by atoms with Crippen molar-refractivity contribution in [2.24, 2.45) is 0 Å². The molecule has 0 unspecified atom stereocenters. The third-order valence-corrected chi connectivity index (χ3v) is 3.18. The van der Waals surface area contributed by atoms with Gasteiger partial charge < -0.3 is 0 Å². The van der Waals surface area contributed by atoms with E-state index in [1.54, 1.807) is 0 Å². The quantitative estimate of drug-likeness (QED) is 0.575. The summed E-state index contributed by atoms with van der Waals surface area (Å²) < 4.78 is 113. The lowest BCUT2D eigenvalue weighted by Gasteiger charge is -2.51. The van der Waals surface area contributed by atoms with Gasteiger partial charge in [-0.25, -0.2) is 4.39 Å². The zero-order valence-electron chi connectivity index (χ0n) is 6.32. The first kappa shape index (κ1) is 12.5. The van der Waals surface area contributed by atoms with E-state index in [1.165, 1.54) is 0 Å². The molecule has 3 nitrogen and oxygen atoms in total. The molecule has 0 aromatic carbocycles. The van der Waals surface area contributed by atoms with Gasteiger partial charge in [-0.05, 0) is 0 Å². The molecule has 0 aromatic rings. The molecule has 0 heterocycles. The highest BCUT2D eigenvalue weighted by molar-refractivity contribution is 7.87. The van der Waals surface area contributed by atoms with Gasteiger partial charge in [0.2, 0.25) is 0 Å². The van der Waals surface area contributed by atoms with Gasteiger partial charge in [0.1, 0.15) is 0 Å². The van der Waals surface area contributed by atoms with Gasteiger partial charge >= 0.3 is 32.9 Å². The molecular weight excluding hydrogens is 261 g/mol. The Bertz CT molecular complexity index is 380. The van der Waals surface area contributed by atoms with E-state index in [-0.39, 0.29) is 0 Å². The minimum absolute atomic E-state index is 6.00. The molecule has 15 heavy (non-hydrogen) atoms. The van der Waals surface area contributed by atoms with Crippen LogP contribution in [0.3, 0.4) is 0 Å². The van der Waals surface area contributed by atoms with E-state index in [0.717, 1.165) is 0 Å². The fraction of sp³-hybridized carbons (Fsp3) is 1.00. The van der Waals surface area contributed by atoms with Gasteiger partial charge in [-0.3, -0.25) is 4.55 Å². The molecule has 11 heteroatoms. The molecule has 1 rings (SSSR count). The SMILES string of the molecule is O=S(=O)(O)C1(F)C(F)(F)C(F)(F)C1(F)F. The molecule has 1 N–H and O–H groups in total. The topological polar surface area (TPSA) is 54.4 Å². The Morgan fingerprint density at radius 3 is 1.13 bits per heavy atom. The van der Waals surface area contributed by atoms with Crippen LogP contribution in [0.2, 0.25) is 0 Å². The van der Waals surface area contributed by atoms with Crippen molar-refractivity contribution in [3.05, 3.63) is 0 Å². The van der Waals surface area contributed by atoms with Gasteiger partial charge in [0.15, 0.2) is 0 Å². The van der Waals surface area contributed by atoms with Crippen LogP contribution in [0.25, 0.3) is 0 Å². The predicted molar refractivity (Wildman–Crippen MR) is 30.2 cm³/mol. The highest BCUT2D eigenvalue weighted by Crippen LogP contribution is 2.70. The molecule has 0 amide bonds. The van der Waals surface area contributed by atoms with E-state index in [9.17, 15) is 39.2 Å². The minimum atomic E-state index is -6.70. The second-order valence-corrected chi connectivity index (χ2v) is 4.31. The normalized spacial score (nSPS) is 30.7. The Kier molecular flexibility index (Phi) is 1.99. The monoisotopic (exact) mass is 262 g/mol. The van der Waals surface area contributed by atoms with Gasteiger partial charge in [0.25, 0.3) is 0 Å². The zero-order valence-corrected chi connectivity index (χ0v) is 7.13. The summed E-state index contributed by atoms with van der Waals surface area (Å²) in [6, 6.07) is 0. The average Bonchev–Trinajstić information content (AvgIpc) is 1.98. The van der Waals surface area contributed by atoms with Gasteiger partial charge in [-0.1, -0.05) is 0 Å². The van der Waals surface area contributed by atoms with Crippen LogP contribution in [0.5, 0.6) is 0 Å². The van der Waals surface area contributed by atoms with Gasteiger partial charge in [-0.15, -0.1) is 0 Å². The van der Waals surface area contributed by atoms with Crippen LogP contribution >= 0.6 is 0 Å². The van der Waals surface area contributed by atoms with E-state index in [0.29, 0.717) is 0 Å². The summed E-state index contributed by atoms with van der Waals surface area (Å²) in [5, 5.41) is -6.00. The maximum absolute atomic E-state index is 12.6. The van der Waals surface area contributed by atoms with E-state index in [4.69, 9.17) is 4.55 Å². The van der Waals surface area contributed by atoms with Crippen LogP contribution in [0, 0.1) is 0 Å². The van der Waals surface area contributed by atoms with Crippen molar-refractivity contribution in [1.82, 2.24) is 0 Å². The van der Waals surface area contributed by atoms with E-state index in [2.05, 4.69) is 0 Å². The third kappa shape index (κ3) is 0.887. The van der Waals surface area contributed by atoms with Crippen molar-refractivity contribution >= 4 is 10.1 Å². The summed E-state index contributed by atoms with van der Waals surface area (Å²) in [6.45, 7) is 0. The molecule has 1 aliphatic rings. The molecule has 0 bridgehead atoms. The lowest BCUT2D eigenvalue weighted by atomic mass is 9.81. The lowest BCUT2D eigenvalue weighted by Crippen LogP contribution is -2.86. The number of rotatable bonds is 1. The second kappa shape index (κ2) is 2.39. The summed E-state index contributed by atoms with van der Waals surface area (Å²) in [5.74, 6) is -18.6. The Labute approximate surface area is 77.6 Å². The summed E-state index contributed by atoms with van der Waals surface area (Å²) in [4.78, 5) is 0. The maximum Gasteiger partial charge on any atom is 0.381 e. The molecular formula is C4HF7O3S. The second-order valence-electron chi connectivity index (χ2n) is 2.79. The van der Waals surface area contributed by atoms with Crippen LogP contribution in [-0.2, 0) is 10.1 Å². The van der Waals surface area contributed by atoms with E-state index in [1.807, 2.05) is 0 Å². The van der Waals surface area contributed by atoms with Crippen molar-refractivity contribution in [3.8, 4) is 0 Å². The number of hydrogen-bond acceptors (Lipinski definition) is 2. The Morgan fingerprint density at radius 2 is 1.00 bits per heavy atom. The molecule has 0 atom stereocenters. The van der Waals surface area contributed by atoms with Gasteiger partial charge in [0, 0.05) is 0 Å². The van der Waals surface area contributed by atoms with Gasteiger partial charge in [0.05, 0.1) is 0 Å². The van der Waals surface area contributed by atoms with Crippen molar-refractivity contribution in [3.63, 3.8) is 0 Å². The number of halogens is 7. The van der Waals surface area contributed by atoms with Crippen molar-refractivity contribution in [2.45, 2.75) is 22.8 Å². The highest BCUT2D eigenvalue weighted by atomic mass is 32.2. The van der Waals surface area contributed by atoms with Crippen LogP contribution in [0.1, 0.15) is 0 Å². The smallest absolute Gasteiger partial charge is 0.283 e. The summed E-state index contributed by atoms with van der Waals surface area (Å²) in [6.07, 6.45) is 0. The van der Waals surface area contributed by atoms with Crippen molar-refractivity contribution in [2.75, 3.05) is 0 Å². The van der Waals surface area contributed by atoms with E-state index < -0.39 is 32.9 Å². The zero-order chi connectivity index (χ0) is 12.5. The van der Waals surface area contributed by atoms with Crippen LogP contribution in [-0.4, -0.2) is 35.7 Å². The van der Waals surface area contributed by atoms with Crippen molar-refractivity contribution in [1.29, 1.82) is 0 Å². The minimum Gasteiger partial charge on any atom is -0.283 e. The van der Waals surface area contributed by atoms with Crippen molar-refractivity contribution < 1.29 is 43.7 Å². The third-order valence-electron chi connectivity index (χ3n) is 1.95. The lowest BCUT2D eigenvalue weighted by molar-refractivity contribution is -0.448. The number of hydrogen-bond donors (Lipinski definition) is 1. The Hall–Kier alpha value is -0.580. The molecule has 1 saturated carbocycles. The first-order valence-corrected chi connectivity index (χ1v) is 4.48. The molecule has 90 valence electrons. The average molecular weight is 262 g/mol. The fourth-order valence-corrected chi connectivity index (χ4v) is 1.96. The molecule has 1 fully saturated rings. The molecule has 0 saturated heterocycles. The van der Waals surface area contributed by atoms with Crippen LogP contribution < -0.4 is 0 Å². The standard InChI is InChI=1S/C4HF7O3S/c5-1(6)2(7,8)4(11,3(1,9)10)15(12,13)14/h(H,12,13,14). The predicted octanol–water partition coefficient (Wildman–Crippen LogP) is 1.46. The van der Waals surface area contributed by atoms with Gasteiger partial charge in [-0.2, -0.15) is 34.8 Å². The summed E-state index contributed by atoms with van der Waals surface area (Å²) in [7, 11) is -6.70. The first-order valence-electron chi connectivity index (χ1n) is 3.04. The molecule has 1 aliphatic carbocycles. The summed E-state index contributed by atoms with van der Waals surface area (Å²) >= 11 is 0. The van der Waals surface area contributed by atoms with Crippen LogP contribution in [0.4, 0.5) is 30.7 Å². The maximum atomic E-state index is 12.6. The summed E-state index contributed by atoms with van der Waals surface area (Å²) in [5.41, 5.74) is 0. The molecule has 0 radical (unpaired) electrons. The number of alkyl halides is 7. The Morgan fingerprint density at radius 1 is 0.733 bits per heavy atom. The molecule has 0 aromatic heterocycles. The fourth-order valence-electron chi connectivity index (χ4n) is 1.06. The molecule has 0 spiro atoms. The molecule has 0 aliphatic heterocycles. The van der Waals surface area contributed by atoms with E-state index >= 15 is 0 Å². The first-order chi connectivity index (χ1) is 6.25. The largest absolute Gasteiger partial charge is 0.381 e. The Balaban J connectivity index is 3.50. The van der Waals surface area contributed by atoms with Crippen LogP contribution in [0.15, 0.2) is 0 Å². The highest BCUT2D eigenvalue weighted by Gasteiger charge is 3.04.